The van der Waals surface area contributed by atoms with Crippen molar-refractivity contribution in [2.45, 2.75) is 9.79 Å². The largest absolute Gasteiger partial charge is 0.478 e. The molecular formula is C19H15NO4S2. The molecule has 3 rings (SSSR count). The number of benzene rings is 3. The van der Waals surface area contributed by atoms with Crippen LogP contribution in [-0.4, -0.2) is 19.5 Å². The number of sulfonamides is 1. The standard InChI is InChI=1S/C19H15NO4S2/c21-19(22)14-11-12-17(25)18(13-14)26(23,24)20(15-7-3-1-4-8-15)16-9-5-2-6-10-16/h1-13,25H,(H,21,22). The second kappa shape index (κ2) is 7.23. The summed E-state index contributed by atoms with van der Waals surface area (Å²) >= 11 is 4.23. The third kappa shape index (κ3) is 3.44. The lowest BCUT2D eigenvalue weighted by molar-refractivity contribution is 0.0696. The first-order chi connectivity index (χ1) is 12.4. The van der Waals surface area contributed by atoms with E-state index in [1.54, 1.807) is 60.7 Å². The smallest absolute Gasteiger partial charge is 0.335 e. The number of carboxylic acid groups (broad SMARTS) is 1. The number of carboxylic acids is 1. The topological polar surface area (TPSA) is 74.7 Å². The van der Waals surface area contributed by atoms with Crippen LogP contribution in [0.3, 0.4) is 0 Å². The van der Waals surface area contributed by atoms with Crippen molar-refractivity contribution in [2.75, 3.05) is 4.31 Å². The van der Waals surface area contributed by atoms with Crippen molar-refractivity contribution in [1.82, 2.24) is 0 Å². The highest BCUT2D eigenvalue weighted by atomic mass is 32.2. The zero-order valence-electron chi connectivity index (χ0n) is 13.5. The summed E-state index contributed by atoms with van der Waals surface area (Å²) in [5.41, 5.74) is 0.752. The quantitative estimate of drug-likeness (QED) is 0.646. The van der Waals surface area contributed by atoms with Gasteiger partial charge in [-0.1, -0.05) is 36.4 Å². The molecular weight excluding hydrogens is 370 g/mol. The van der Waals surface area contributed by atoms with Gasteiger partial charge in [-0.25, -0.2) is 17.5 Å². The SMILES string of the molecule is O=C(O)c1ccc(S)c(S(=O)(=O)N(c2ccccc2)c2ccccc2)c1. The summed E-state index contributed by atoms with van der Waals surface area (Å²) in [6.45, 7) is 0. The maximum absolute atomic E-state index is 13.4. The van der Waals surface area contributed by atoms with Crippen molar-refractivity contribution in [2.24, 2.45) is 0 Å². The van der Waals surface area contributed by atoms with Gasteiger partial charge in [0.1, 0.15) is 4.90 Å². The molecule has 0 amide bonds. The van der Waals surface area contributed by atoms with Crippen molar-refractivity contribution in [3.63, 3.8) is 0 Å². The minimum absolute atomic E-state index is 0.123. The van der Waals surface area contributed by atoms with Crippen LogP contribution in [0.5, 0.6) is 0 Å². The summed E-state index contributed by atoms with van der Waals surface area (Å²) in [7, 11) is -4.10. The summed E-state index contributed by atoms with van der Waals surface area (Å²) in [5.74, 6) is -1.21. The maximum Gasteiger partial charge on any atom is 0.335 e. The molecule has 132 valence electrons. The van der Waals surface area contributed by atoms with E-state index in [-0.39, 0.29) is 15.4 Å². The van der Waals surface area contributed by atoms with Crippen LogP contribution in [0.15, 0.2) is 88.7 Å². The third-order valence-corrected chi connectivity index (χ3v) is 6.04. The van der Waals surface area contributed by atoms with Crippen LogP contribution < -0.4 is 4.31 Å². The Balaban J connectivity index is 2.24. The van der Waals surface area contributed by atoms with Crippen molar-refractivity contribution in [3.8, 4) is 0 Å². The van der Waals surface area contributed by atoms with E-state index in [2.05, 4.69) is 12.6 Å². The number of anilines is 2. The van der Waals surface area contributed by atoms with Crippen molar-refractivity contribution < 1.29 is 18.3 Å². The highest BCUT2D eigenvalue weighted by Gasteiger charge is 2.29. The number of nitrogens with zero attached hydrogens (tertiary/aromatic N) is 1. The van der Waals surface area contributed by atoms with Gasteiger partial charge in [0.05, 0.1) is 16.9 Å². The van der Waals surface area contributed by atoms with E-state index in [1.165, 1.54) is 16.4 Å². The normalized spacial score (nSPS) is 11.1. The molecule has 0 heterocycles. The minimum Gasteiger partial charge on any atom is -0.478 e. The van der Waals surface area contributed by atoms with E-state index >= 15 is 0 Å². The maximum atomic E-state index is 13.4. The molecule has 0 fully saturated rings. The van der Waals surface area contributed by atoms with Crippen LogP contribution in [0, 0.1) is 0 Å². The van der Waals surface area contributed by atoms with E-state index in [0.717, 1.165) is 6.07 Å². The van der Waals surface area contributed by atoms with Gasteiger partial charge < -0.3 is 5.11 Å². The van der Waals surface area contributed by atoms with Crippen LogP contribution in [0.4, 0.5) is 11.4 Å². The Morgan fingerprint density at radius 1 is 0.846 bits per heavy atom. The van der Waals surface area contributed by atoms with Gasteiger partial charge >= 0.3 is 5.97 Å². The van der Waals surface area contributed by atoms with Gasteiger partial charge in [0.15, 0.2) is 0 Å². The molecule has 26 heavy (non-hydrogen) atoms. The minimum atomic E-state index is -4.10. The van der Waals surface area contributed by atoms with E-state index < -0.39 is 16.0 Å². The average molecular weight is 385 g/mol. The summed E-state index contributed by atoms with van der Waals surface area (Å²) < 4.78 is 28.0. The van der Waals surface area contributed by atoms with Crippen molar-refractivity contribution in [3.05, 3.63) is 84.4 Å². The number of hydrogen-bond acceptors (Lipinski definition) is 4. The Kier molecular flexibility index (Phi) is 5.01. The first-order valence-corrected chi connectivity index (χ1v) is 9.52. The predicted octanol–water partition coefficient (Wildman–Crippen LogP) is 4.20. The Bertz CT molecular complexity index is 996. The van der Waals surface area contributed by atoms with Gasteiger partial charge in [-0.3, -0.25) is 0 Å². The number of aromatic carboxylic acids is 1. The van der Waals surface area contributed by atoms with Gasteiger partial charge in [0.2, 0.25) is 0 Å². The molecule has 0 unspecified atom stereocenters. The van der Waals surface area contributed by atoms with E-state index in [4.69, 9.17) is 0 Å². The molecule has 0 aliphatic carbocycles. The second-order valence-corrected chi connectivity index (χ2v) is 7.67. The Labute approximate surface area is 157 Å². The molecule has 0 bridgehead atoms. The fourth-order valence-electron chi connectivity index (χ4n) is 2.51. The fraction of sp³-hybridized carbons (Fsp3) is 0. The lowest BCUT2D eigenvalue weighted by Crippen LogP contribution is -2.26. The van der Waals surface area contributed by atoms with E-state index in [1.807, 2.05) is 0 Å². The van der Waals surface area contributed by atoms with E-state index in [9.17, 15) is 18.3 Å². The van der Waals surface area contributed by atoms with Gasteiger partial charge in [-0.15, -0.1) is 12.6 Å². The van der Waals surface area contributed by atoms with Crippen molar-refractivity contribution >= 4 is 40.0 Å². The highest BCUT2D eigenvalue weighted by Crippen LogP contribution is 2.34. The summed E-state index contributed by atoms with van der Waals surface area (Å²) in [6, 6.07) is 21.0. The molecule has 0 aromatic heterocycles. The molecule has 0 aliphatic rings. The molecule has 1 N–H and O–H groups in total. The van der Waals surface area contributed by atoms with Gasteiger partial charge in [-0.05, 0) is 42.5 Å². The molecule has 7 heteroatoms. The molecule has 0 aliphatic heterocycles. The van der Waals surface area contributed by atoms with Crippen LogP contribution >= 0.6 is 12.6 Å². The van der Waals surface area contributed by atoms with Crippen LogP contribution in [-0.2, 0) is 10.0 Å². The van der Waals surface area contributed by atoms with Crippen molar-refractivity contribution in [1.29, 1.82) is 0 Å². The van der Waals surface area contributed by atoms with E-state index in [0.29, 0.717) is 11.4 Å². The fourth-order valence-corrected chi connectivity index (χ4v) is 4.59. The van der Waals surface area contributed by atoms with Crippen LogP contribution in [0.1, 0.15) is 10.4 Å². The summed E-state index contributed by atoms with van der Waals surface area (Å²) in [5, 5.41) is 9.21. The zero-order chi connectivity index (χ0) is 18.7. The van der Waals surface area contributed by atoms with Gasteiger partial charge in [0, 0.05) is 4.90 Å². The van der Waals surface area contributed by atoms with Crippen LogP contribution in [0.2, 0.25) is 0 Å². The molecule has 3 aromatic rings. The Morgan fingerprint density at radius 2 is 1.35 bits per heavy atom. The lowest BCUT2D eigenvalue weighted by Gasteiger charge is -2.25. The summed E-state index contributed by atoms with van der Waals surface area (Å²) in [4.78, 5) is 11.3. The first kappa shape index (κ1) is 18.0. The van der Waals surface area contributed by atoms with Gasteiger partial charge in [0.25, 0.3) is 10.0 Å². The molecule has 3 aromatic carbocycles. The molecule has 0 atom stereocenters. The highest BCUT2D eigenvalue weighted by molar-refractivity contribution is 7.93. The first-order valence-electron chi connectivity index (χ1n) is 7.63. The third-order valence-electron chi connectivity index (χ3n) is 3.71. The number of rotatable bonds is 5. The Hall–Kier alpha value is -2.77. The zero-order valence-corrected chi connectivity index (χ0v) is 15.2. The number of thiol groups is 1. The Morgan fingerprint density at radius 3 is 1.81 bits per heavy atom. The molecule has 5 nitrogen and oxygen atoms in total. The molecule has 0 radical (unpaired) electrons. The lowest BCUT2D eigenvalue weighted by atomic mass is 10.2. The van der Waals surface area contributed by atoms with Crippen LogP contribution in [0.25, 0.3) is 0 Å². The number of para-hydroxylation sites is 2. The number of hydrogen-bond donors (Lipinski definition) is 2. The second-order valence-electron chi connectivity index (χ2n) is 5.43. The molecule has 0 spiro atoms. The predicted molar refractivity (Wildman–Crippen MR) is 103 cm³/mol. The monoisotopic (exact) mass is 385 g/mol. The number of carbonyl (C=O) groups is 1. The summed E-state index contributed by atoms with van der Waals surface area (Å²) in [6.07, 6.45) is 0. The molecule has 0 saturated carbocycles. The van der Waals surface area contributed by atoms with Gasteiger partial charge in [-0.2, -0.15) is 0 Å². The average Bonchev–Trinajstić information content (AvgIpc) is 2.63. The molecule has 0 saturated heterocycles.